The van der Waals surface area contributed by atoms with E-state index in [9.17, 15) is 18.0 Å². The number of hydrogen-bond donors (Lipinski definition) is 0. The fourth-order valence-electron chi connectivity index (χ4n) is 3.32. The number of carbonyl (C=O) groups excluding carboxylic acids is 2. The van der Waals surface area contributed by atoms with Gasteiger partial charge in [-0.05, 0) is 30.7 Å². The second-order valence-electron chi connectivity index (χ2n) is 6.40. The predicted octanol–water partition coefficient (Wildman–Crippen LogP) is 2.96. The summed E-state index contributed by atoms with van der Waals surface area (Å²) in [5, 5.41) is -4.71. The first-order valence-corrected chi connectivity index (χ1v) is 9.48. The number of fused-ring (bicyclic) bond motifs is 1. The normalized spacial score (nSPS) is 19.6. The number of alkyl halides is 2. The molecule has 1 atom stereocenters. The van der Waals surface area contributed by atoms with E-state index in [1.807, 2.05) is 0 Å². The summed E-state index contributed by atoms with van der Waals surface area (Å²) in [6.45, 7) is 1.66. The summed E-state index contributed by atoms with van der Waals surface area (Å²) in [7, 11) is -4.51. The molecule has 2 aromatic carbocycles. The van der Waals surface area contributed by atoms with E-state index in [1.165, 1.54) is 30.3 Å². The van der Waals surface area contributed by atoms with Gasteiger partial charge in [0.2, 0.25) is 15.3 Å². The number of hydrogen-bond acceptors (Lipinski definition) is 5. The second-order valence-corrected chi connectivity index (χ2v) is 8.39. The average Bonchev–Trinajstić information content (AvgIpc) is 2.95. The Labute approximate surface area is 154 Å². The SMILES string of the molecule is COC(=O)C1(C(F)(F)S(=O)(=O)c2ccccc2)Cc2ccc(C)cc2C1=O. The van der Waals surface area contributed by atoms with E-state index in [1.54, 1.807) is 13.0 Å². The van der Waals surface area contributed by atoms with Crippen molar-refractivity contribution in [2.24, 2.45) is 5.41 Å². The molecule has 0 heterocycles. The molecule has 1 aliphatic carbocycles. The summed E-state index contributed by atoms with van der Waals surface area (Å²) in [5.41, 5.74) is -2.47. The minimum absolute atomic E-state index is 0.0941. The van der Waals surface area contributed by atoms with Crippen LogP contribution in [0.4, 0.5) is 8.78 Å². The van der Waals surface area contributed by atoms with Crippen LogP contribution < -0.4 is 0 Å². The largest absolute Gasteiger partial charge is 0.468 e. The van der Waals surface area contributed by atoms with Crippen molar-refractivity contribution in [2.45, 2.75) is 23.5 Å². The van der Waals surface area contributed by atoms with Crippen LogP contribution in [0.3, 0.4) is 0 Å². The molecule has 0 saturated carbocycles. The standard InChI is InChI=1S/C19H16F2O5S/c1-12-8-9-13-11-18(17(23)26-2,16(22)15(13)10-12)19(20,21)27(24,25)14-6-4-3-5-7-14/h3-10H,11H2,1-2H3. The maximum Gasteiger partial charge on any atom is 0.373 e. The summed E-state index contributed by atoms with van der Waals surface area (Å²) < 4.78 is 60.9. The highest BCUT2D eigenvalue weighted by molar-refractivity contribution is 7.92. The van der Waals surface area contributed by atoms with Crippen LogP contribution in [0.2, 0.25) is 0 Å². The lowest BCUT2D eigenvalue weighted by atomic mass is 9.83. The molecule has 0 N–H and O–H groups in total. The molecule has 0 radical (unpaired) electrons. The van der Waals surface area contributed by atoms with Gasteiger partial charge in [0.05, 0.1) is 12.0 Å². The van der Waals surface area contributed by atoms with E-state index in [0.29, 0.717) is 5.56 Å². The van der Waals surface area contributed by atoms with E-state index >= 15 is 8.78 Å². The highest BCUT2D eigenvalue weighted by Gasteiger charge is 2.74. The van der Waals surface area contributed by atoms with Crippen LogP contribution in [0.25, 0.3) is 0 Å². The van der Waals surface area contributed by atoms with Gasteiger partial charge in [-0.2, -0.15) is 8.78 Å². The Bertz CT molecular complexity index is 1030. The Morgan fingerprint density at radius 1 is 1.15 bits per heavy atom. The summed E-state index contributed by atoms with van der Waals surface area (Å²) in [6.07, 6.45) is -0.757. The van der Waals surface area contributed by atoms with Crippen molar-refractivity contribution in [2.75, 3.05) is 7.11 Å². The van der Waals surface area contributed by atoms with Gasteiger partial charge in [-0.3, -0.25) is 9.59 Å². The maximum absolute atomic E-state index is 15.5. The Morgan fingerprint density at radius 2 is 1.78 bits per heavy atom. The number of methoxy groups -OCH3 is 1. The van der Waals surface area contributed by atoms with E-state index in [4.69, 9.17) is 0 Å². The lowest BCUT2D eigenvalue weighted by molar-refractivity contribution is -0.161. The molecule has 2 aromatic rings. The molecule has 0 fully saturated rings. The quantitative estimate of drug-likeness (QED) is 0.589. The molecule has 0 amide bonds. The number of benzene rings is 2. The van der Waals surface area contributed by atoms with Crippen LogP contribution in [0.1, 0.15) is 21.5 Å². The van der Waals surface area contributed by atoms with Gasteiger partial charge >= 0.3 is 11.2 Å². The van der Waals surface area contributed by atoms with E-state index in [2.05, 4.69) is 4.74 Å². The van der Waals surface area contributed by atoms with Crippen molar-refractivity contribution in [3.05, 3.63) is 65.2 Å². The zero-order valence-electron chi connectivity index (χ0n) is 14.5. The zero-order valence-corrected chi connectivity index (χ0v) is 15.3. The number of ketones is 1. The highest BCUT2D eigenvalue weighted by atomic mass is 32.2. The molecule has 0 spiro atoms. The summed E-state index contributed by atoms with van der Waals surface area (Å²) in [4.78, 5) is 24.7. The van der Waals surface area contributed by atoms with Crippen LogP contribution in [0.15, 0.2) is 53.4 Å². The Balaban J connectivity index is 2.26. The van der Waals surface area contributed by atoms with Gasteiger partial charge in [0.25, 0.3) is 0 Å². The number of Topliss-reactive ketones (excluding diaryl/α,β-unsaturated/α-hetero) is 1. The Kier molecular flexibility index (Phi) is 4.42. The van der Waals surface area contributed by atoms with Crippen molar-refractivity contribution in [3.8, 4) is 0 Å². The second kappa shape index (κ2) is 6.23. The summed E-state index contributed by atoms with van der Waals surface area (Å²) >= 11 is 0. The van der Waals surface area contributed by atoms with Crippen LogP contribution in [0.5, 0.6) is 0 Å². The molecular formula is C19H16F2O5S. The number of sulfone groups is 1. The fourth-order valence-corrected chi connectivity index (χ4v) is 4.84. The number of ether oxygens (including phenoxy) is 1. The molecule has 0 bridgehead atoms. The van der Waals surface area contributed by atoms with Gasteiger partial charge in [0.1, 0.15) is 0 Å². The van der Waals surface area contributed by atoms with Gasteiger partial charge in [-0.1, -0.05) is 35.9 Å². The van der Waals surface area contributed by atoms with E-state index < -0.39 is 43.6 Å². The van der Waals surface area contributed by atoms with Gasteiger partial charge in [0, 0.05) is 12.0 Å². The van der Waals surface area contributed by atoms with Gasteiger partial charge in [0.15, 0.2) is 5.78 Å². The van der Waals surface area contributed by atoms with Gasteiger partial charge < -0.3 is 4.74 Å². The Morgan fingerprint density at radius 3 is 2.37 bits per heavy atom. The number of rotatable bonds is 4. The molecule has 0 aromatic heterocycles. The molecule has 5 nitrogen and oxygen atoms in total. The van der Waals surface area contributed by atoms with Crippen molar-refractivity contribution in [1.82, 2.24) is 0 Å². The zero-order chi connectivity index (χ0) is 20.0. The molecule has 0 aliphatic heterocycles. The lowest BCUT2D eigenvalue weighted by Crippen LogP contribution is -2.56. The average molecular weight is 394 g/mol. The van der Waals surface area contributed by atoms with Crippen molar-refractivity contribution in [1.29, 1.82) is 0 Å². The van der Waals surface area contributed by atoms with Crippen molar-refractivity contribution < 1.29 is 31.5 Å². The van der Waals surface area contributed by atoms with E-state index in [-0.39, 0.29) is 11.1 Å². The van der Waals surface area contributed by atoms with Gasteiger partial charge in [-0.25, -0.2) is 8.42 Å². The first kappa shape index (κ1) is 19.2. The van der Waals surface area contributed by atoms with Crippen molar-refractivity contribution in [3.63, 3.8) is 0 Å². The van der Waals surface area contributed by atoms with Crippen molar-refractivity contribution >= 4 is 21.6 Å². The first-order valence-electron chi connectivity index (χ1n) is 8.00. The molecule has 1 aliphatic rings. The molecule has 27 heavy (non-hydrogen) atoms. The summed E-state index contributed by atoms with van der Waals surface area (Å²) in [6, 6.07) is 10.4. The topological polar surface area (TPSA) is 77.5 Å². The number of halogens is 2. The molecule has 142 valence electrons. The molecule has 8 heteroatoms. The number of esters is 1. The summed E-state index contributed by atoms with van der Waals surface area (Å²) in [5.74, 6) is -2.83. The van der Waals surface area contributed by atoms with Crippen LogP contribution in [-0.2, 0) is 25.8 Å². The number of carbonyl (C=O) groups is 2. The van der Waals surface area contributed by atoms with Gasteiger partial charge in [-0.15, -0.1) is 0 Å². The fraction of sp³-hybridized carbons (Fsp3) is 0.263. The third-order valence-electron chi connectivity index (χ3n) is 4.77. The minimum atomic E-state index is -5.35. The smallest absolute Gasteiger partial charge is 0.373 e. The van der Waals surface area contributed by atoms with Crippen LogP contribution in [-0.4, -0.2) is 32.5 Å². The minimum Gasteiger partial charge on any atom is -0.468 e. The maximum atomic E-state index is 15.5. The first-order chi connectivity index (χ1) is 12.6. The molecular weight excluding hydrogens is 378 g/mol. The Hall–Kier alpha value is -2.61. The van der Waals surface area contributed by atoms with Crippen LogP contribution >= 0.6 is 0 Å². The molecule has 3 rings (SSSR count). The van der Waals surface area contributed by atoms with Crippen LogP contribution in [0, 0.1) is 12.3 Å². The monoisotopic (exact) mass is 394 g/mol. The lowest BCUT2D eigenvalue weighted by Gasteiger charge is -2.32. The van der Waals surface area contributed by atoms with E-state index in [0.717, 1.165) is 19.2 Å². The molecule has 0 saturated heterocycles. The highest BCUT2D eigenvalue weighted by Crippen LogP contribution is 2.52. The predicted molar refractivity (Wildman–Crippen MR) is 92.2 cm³/mol. The third-order valence-corrected chi connectivity index (χ3v) is 6.69. The molecule has 1 unspecified atom stereocenters. The third kappa shape index (κ3) is 2.50. The number of aryl methyl sites for hydroxylation is 1.